The number of aliphatic hydroxyl groups excluding tert-OH is 1. The van der Waals surface area contributed by atoms with Gasteiger partial charge in [0.1, 0.15) is 5.69 Å². The Morgan fingerprint density at radius 2 is 2.22 bits per heavy atom. The molecule has 0 aliphatic heterocycles. The molecule has 5 nitrogen and oxygen atoms in total. The lowest BCUT2D eigenvalue weighted by Gasteiger charge is -2.38. The van der Waals surface area contributed by atoms with Crippen LogP contribution in [0.5, 0.6) is 0 Å². The highest BCUT2D eigenvalue weighted by Gasteiger charge is 2.29. The van der Waals surface area contributed by atoms with E-state index in [2.05, 4.69) is 15.9 Å². The Bertz CT molecular complexity index is 449. The van der Waals surface area contributed by atoms with Gasteiger partial charge in [0, 0.05) is 23.1 Å². The van der Waals surface area contributed by atoms with Gasteiger partial charge in [-0.05, 0) is 31.4 Å². The molecule has 1 aromatic carbocycles. The van der Waals surface area contributed by atoms with Crippen molar-refractivity contribution in [2.75, 3.05) is 18.1 Å². The molecule has 2 rings (SSSR count). The zero-order valence-corrected chi connectivity index (χ0v) is 11.5. The minimum absolute atomic E-state index is 0.000166. The van der Waals surface area contributed by atoms with Gasteiger partial charge in [0.25, 0.3) is 5.69 Å². The second kappa shape index (κ2) is 5.67. The van der Waals surface area contributed by atoms with Gasteiger partial charge in [-0.3, -0.25) is 10.1 Å². The molecule has 0 amide bonds. The van der Waals surface area contributed by atoms with Crippen molar-refractivity contribution in [1.29, 1.82) is 0 Å². The summed E-state index contributed by atoms with van der Waals surface area (Å²) in [5.41, 5.74) is 0.687. The van der Waals surface area contributed by atoms with E-state index in [0.717, 1.165) is 23.7 Å². The van der Waals surface area contributed by atoms with Crippen LogP contribution in [0.4, 0.5) is 11.4 Å². The Balaban J connectivity index is 2.37. The van der Waals surface area contributed by atoms with Gasteiger partial charge in [0.2, 0.25) is 0 Å². The van der Waals surface area contributed by atoms with Crippen molar-refractivity contribution >= 4 is 27.3 Å². The van der Waals surface area contributed by atoms with Crippen molar-refractivity contribution in [3.8, 4) is 0 Å². The van der Waals surface area contributed by atoms with Crippen molar-refractivity contribution < 1.29 is 10.0 Å². The smallest absolute Gasteiger partial charge is 0.292 e. The van der Waals surface area contributed by atoms with Crippen LogP contribution in [-0.2, 0) is 0 Å². The maximum atomic E-state index is 11.1. The number of hydrogen-bond donors (Lipinski definition) is 1. The molecule has 0 bridgehead atoms. The van der Waals surface area contributed by atoms with Crippen LogP contribution in [0.15, 0.2) is 22.7 Å². The first-order valence-corrected chi connectivity index (χ1v) is 6.74. The molecule has 0 radical (unpaired) electrons. The van der Waals surface area contributed by atoms with Crippen LogP contribution in [0.1, 0.15) is 19.3 Å². The zero-order valence-electron chi connectivity index (χ0n) is 9.88. The average Bonchev–Trinajstić information content (AvgIpc) is 2.25. The van der Waals surface area contributed by atoms with Gasteiger partial charge in [-0.25, -0.2) is 0 Å². The summed E-state index contributed by atoms with van der Waals surface area (Å²) in [7, 11) is 0. The summed E-state index contributed by atoms with van der Waals surface area (Å²) in [5, 5.41) is 20.2. The summed E-state index contributed by atoms with van der Waals surface area (Å²) < 4.78 is 0.811. The first kappa shape index (κ1) is 13.3. The predicted octanol–water partition coefficient (Wildman–Crippen LogP) is 2.71. The molecule has 1 saturated carbocycles. The Labute approximate surface area is 114 Å². The molecule has 0 unspecified atom stereocenters. The lowest BCUT2D eigenvalue weighted by molar-refractivity contribution is -0.384. The van der Waals surface area contributed by atoms with Crippen molar-refractivity contribution in [3.05, 3.63) is 32.8 Å². The molecule has 0 atom stereocenters. The van der Waals surface area contributed by atoms with Gasteiger partial charge in [-0.1, -0.05) is 15.9 Å². The lowest BCUT2D eigenvalue weighted by Crippen LogP contribution is -2.42. The van der Waals surface area contributed by atoms with Crippen molar-refractivity contribution in [3.63, 3.8) is 0 Å². The van der Waals surface area contributed by atoms with Crippen LogP contribution in [0.2, 0.25) is 0 Å². The van der Waals surface area contributed by atoms with E-state index in [-0.39, 0.29) is 17.2 Å². The second-order valence-electron chi connectivity index (χ2n) is 4.39. The van der Waals surface area contributed by atoms with E-state index in [1.54, 1.807) is 12.1 Å². The van der Waals surface area contributed by atoms with Crippen LogP contribution < -0.4 is 4.90 Å². The number of nitrogens with zero attached hydrogens (tertiary/aromatic N) is 2. The fourth-order valence-corrected chi connectivity index (χ4v) is 2.54. The SMILES string of the molecule is O=[N+]([O-])c1ccc(Br)cc1N(CCO)C1CCC1. The maximum Gasteiger partial charge on any atom is 0.292 e. The number of nitro groups is 1. The van der Waals surface area contributed by atoms with E-state index >= 15 is 0 Å². The molecular formula is C12H15BrN2O3. The number of hydrogen-bond acceptors (Lipinski definition) is 4. The maximum absolute atomic E-state index is 11.1. The van der Waals surface area contributed by atoms with Crippen molar-refractivity contribution in [2.45, 2.75) is 25.3 Å². The number of anilines is 1. The summed E-state index contributed by atoms with van der Waals surface area (Å²) in [4.78, 5) is 12.7. The highest BCUT2D eigenvalue weighted by atomic mass is 79.9. The summed E-state index contributed by atoms with van der Waals surface area (Å²) in [6, 6.07) is 5.24. The Morgan fingerprint density at radius 1 is 1.50 bits per heavy atom. The summed E-state index contributed by atoms with van der Waals surface area (Å²) in [6.07, 6.45) is 3.21. The molecule has 1 aromatic rings. The first-order valence-electron chi connectivity index (χ1n) is 5.95. The van der Waals surface area contributed by atoms with Crippen molar-refractivity contribution in [1.82, 2.24) is 0 Å². The summed E-state index contributed by atoms with van der Waals surface area (Å²) in [5.74, 6) is 0. The van der Waals surface area contributed by atoms with Crippen molar-refractivity contribution in [2.24, 2.45) is 0 Å². The fourth-order valence-electron chi connectivity index (χ4n) is 2.19. The van der Waals surface area contributed by atoms with Crippen LogP contribution in [0, 0.1) is 10.1 Å². The monoisotopic (exact) mass is 314 g/mol. The third kappa shape index (κ3) is 2.64. The van der Waals surface area contributed by atoms with Crippen LogP contribution in [0.3, 0.4) is 0 Å². The van der Waals surface area contributed by atoms with Gasteiger partial charge in [0.15, 0.2) is 0 Å². The molecule has 1 N–H and O–H groups in total. The van der Waals surface area contributed by atoms with Gasteiger partial charge in [-0.2, -0.15) is 0 Å². The third-order valence-corrected chi connectivity index (χ3v) is 3.79. The molecule has 6 heteroatoms. The number of aliphatic hydroxyl groups is 1. The van der Waals surface area contributed by atoms with E-state index in [0.29, 0.717) is 18.3 Å². The molecule has 1 aliphatic carbocycles. The van der Waals surface area contributed by atoms with Gasteiger partial charge in [-0.15, -0.1) is 0 Å². The minimum Gasteiger partial charge on any atom is -0.395 e. The molecule has 98 valence electrons. The van der Waals surface area contributed by atoms with Crippen LogP contribution in [0.25, 0.3) is 0 Å². The topological polar surface area (TPSA) is 66.6 Å². The second-order valence-corrected chi connectivity index (χ2v) is 5.31. The number of rotatable bonds is 5. The zero-order chi connectivity index (χ0) is 13.1. The number of halogens is 1. The minimum atomic E-state index is -0.370. The van der Waals surface area contributed by atoms with E-state index in [1.807, 2.05) is 4.90 Å². The Hall–Kier alpha value is -1.14. The van der Waals surface area contributed by atoms with E-state index in [4.69, 9.17) is 5.11 Å². The predicted molar refractivity (Wildman–Crippen MR) is 72.9 cm³/mol. The molecule has 0 saturated heterocycles. The van der Waals surface area contributed by atoms with E-state index in [1.165, 1.54) is 6.07 Å². The van der Waals surface area contributed by atoms with Gasteiger partial charge in [0.05, 0.1) is 11.5 Å². The highest BCUT2D eigenvalue weighted by molar-refractivity contribution is 9.10. The molecule has 0 aromatic heterocycles. The molecule has 1 aliphatic rings. The summed E-state index contributed by atoms with van der Waals surface area (Å²) >= 11 is 3.34. The third-order valence-electron chi connectivity index (χ3n) is 3.30. The van der Waals surface area contributed by atoms with Crippen LogP contribution in [-0.4, -0.2) is 29.2 Å². The molecule has 18 heavy (non-hydrogen) atoms. The van der Waals surface area contributed by atoms with Gasteiger partial charge >= 0.3 is 0 Å². The average molecular weight is 315 g/mol. The molecular weight excluding hydrogens is 300 g/mol. The first-order chi connectivity index (χ1) is 8.63. The number of benzene rings is 1. The standard InChI is InChI=1S/C12H15BrN2O3/c13-9-4-5-11(15(17)18)12(8-9)14(6-7-16)10-2-1-3-10/h4-5,8,10,16H,1-3,6-7H2. The highest BCUT2D eigenvalue weighted by Crippen LogP contribution is 2.36. The quantitative estimate of drug-likeness (QED) is 0.670. The fraction of sp³-hybridized carbons (Fsp3) is 0.500. The number of nitro benzene ring substituents is 1. The Kier molecular flexibility index (Phi) is 4.19. The summed E-state index contributed by atoms with van der Waals surface area (Å²) in [6.45, 7) is 0.433. The molecule has 0 spiro atoms. The largest absolute Gasteiger partial charge is 0.395 e. The molecule has 0 heterocycles. The van der Waals surface area contributed by atoms with E-state index < -0.39 is 0 Å². The Morgan fingerprint density at radius 3 is 2.72 bits per heavy atom. The van der Waals surface area contributed by atoms with Crippen LogP contribution >= 0.6 is 15.9 Å². The molecule has 1 fully saturated rings. The lowest BCUT2D eigenvalue weighted by atomic mass is 9.91. The van der Waals surface area contributed by atoms with E-state index in [9.17, 15) is 10.1 Å². The van der Waals surface area contributed by atoms with Gasteiger partial charge < -0.3 is 10.0 Å². The normalized spacial score (nSPS) is 15.2.